The average molecular weight is 406 g/mol. The molecular formula is C19H17F3N4OS. The predicted octanol–water partition coefficient (Wildman–Crippen LogP) is 4.16. The first-order valence-corrected chi connectivity index (χ1v) is 9.33. The number of thioether (sulfide) groups is 1. The lowest BCUT2D eigenvalue weighted by Crippen LogP contribution is -2.15. The van der Waals surface area contributed by atoms with Crippen molar-refractivity contribution in [3.05, 3.63) is 71.5 Å². The number of hydrogen-bond donors (Lipinski definition) is 1. The van der Waals surface area contributed by atoms with Crippen LogP contribution >= 0.6 is 11.8 Å². The quantitative estimate of drug-likeness (QED) is 0.625. The molecule has 0 saturated carbocycles. The van der Waals surface area contributed by atoms with Crippen LogP contribution in [-0.4, -0.2) is 26.4 Å². The molecule has 0 atom stereocenters. The minimum Gasteiger partial charge on any atom is -0.325 e. The fourth-order valence-electron chi connectivity index (χ4n) is 2.47. The molecule has 3 aromatic rings. The number of rotatable bonds is 6. The van der Waals surface area contributed by atoms with E-state index in [4.69, 9.17) is 0 Å². The van der Waals surface area contributed by atoms with Gasteiger partial charge in [0.05, 0.1) is 11.3 Å². The molecule has 0 spiro atoms. The molecule has 1 amide bonds. The third kappa shape index (κ3) is 5.13. The van der Waals surface area contributed by atoms with Crippen LogP contribution < -0.4 is 5.32 Å². The lowest BCUT2D eigenvalue weighted by molar-refractivity contribution is -0.137. The highest BCUT2D eigenvalue weighted by molar-refractivity contribution is 7.99. The highest BCUT2D eigenvalue weighted by Gasteiger charge is 2.30. The summed E-state index contributed by atoms with van der Waals surface area (Å²) in [6.07, 6.45) is -3.77. The Bertz CT molecular complexity index is 940. The summed E-state index contributed by atoms with van der Waals surface area (Å²) in [6.45, 7) is 0. The molecule has 0 aliphatic rings. The summed E-state index contributed by atoms with van der Waals surface area (Å²) in [5, 5.41) is 11.4. The highest BCUT2D eigenvalue weighted by atomic mass is 32.2. The normalized spacial score (nSPS) is 11.4. The molecule has 146 valence electrons. The fraction of sp³-hybridized carbons (Fsp3) is 0.211. The van der Waals surface area contributed by atoms with Gasteiger partial charge in [-0.1, -0.05) is 42.1 Å². The summed E-state index contributed by atoms with van der Waals surface area (Å²) in [5.74, 6) is 0.507. The van der Waals surface area contributed by atoms with Gasteiger partial charge in [0.15, 0.2) is 5.16 Å². The molecule has 0 aliphatic carbocycles. The van der Waals surface area contributed by atoms with Crippen LogP contribution in [0.3, 0.4) is 0 Å². The van der Waals surface area contributed by atoms with Crippen molar-refractivity contribution in [3.63, 3.8) is 0 Å². The van der Waals surface area contributed by atoms with E-state index in [1.807, 2.05) is 41.9 Å². The minimum atomic E-state index is -4.40. The number of halogens is 3. The Labute approximate surface area is 164 Å². The van der Waals surface area contributed by atoms with E-state index in [1.165, 1.54) is 23.9 Å². The van der Waals surface area contributed by atoms with Gasteiger partial charge in [-0.15, -0.1) is 10.2 Å². The zero-order chi connectivity index (χ0) is 20.1. The zero-order valence-corrected chi connectivity index (χ0v) is 15.7. The van der Waals surface area contributed by atoms with Gasteiger partial charge >= 0.3 is 6.18 Å². The standard InChI is InChI=1S/C19H17F3N4OS/c1-26-16(11-13-5-3-2-4-6-13)24-25-18(26)28-12-17(27)23-15-9-7-14(8-10-15)19(20,21)22/h2-10H,11-12H2,1H3,(H,23,27). The van der Waals surface area contributed by atoms with Crippen molar-refractivity contribution in [2.45, 2.75) is 17.8 Å². The minimum absolute atomic E-state index is 0.0678. The van der Waals surface area contributed by atoms with Gasteiger partial charge in [-0.3, -0.25) is 4.79 Å². The summed E-state index contributed by atoms with van der Waals surface area (Å²) >= 11 is 1.21. The molecule has 1 N–H and O–H groups in total. The third-order valence-corrected chi connectivity index (χ3v) is 4.98. The molecule has 0 unspecified atom stereocenters. The first-order valence-electron chi connectivity index (χ1n) is 8.35. The molecule has 5 nitrogen and oxygen atoms in total. The van der Waals surface area contributed by atoms with Crippen LogP contribution in [-0.2, 0) is 24.4 Å². The number of aromatic nitrogens is 3. The third-order valence-electron chi connectivity index (χ3n) is 3.96. The number of carbonyl (C=O) groups is 1. The van der Waals surface area contributed by atoms with Crippen molar-refractivity contribution in [1.82, 2.24) is 14.8 Å². The maximum absolute atomic E-state index is 12.6. The Morgan fingerprint density at radius 1 is 1.07 bits per heavy atom. The molecule has 3 rings (SSSR count). The second kappa shape index (κ2) is 8.47. The zero-order valence-electron chi connectivity index (χ0n) is 14.9. The van der Waals surface area contributed by atoms with Gasteiger partial charge < -0.3 is 9.88 Å². The Kier molecular flexibility index (Phi) is 6.03. The fourth-order valence-corrected chi connectivity index (χ4v) is 3.20. The number of nitrogens with zero attached hydrogens (tertiary/aromatic N) is 3. The Hall–Kier alpha value is -2.81. The smallest absolute Gasteiger partial charge is 0.325 e. The van der Waals surface area contributed by atoms with Crippen molar-refractivity contribution in [2.24, 2.45) is 7.05 Å². The Balaban J connectivity index is 1.55. The molecule has 0 saturated heterocycles. The van der Waals surface area contributed by atoms with Crippen LogP contribution in [0.1, 0.15) is 17.0 Å². The molecule has 0 bridgehead atoms. The van der Waals surface area contributed by atoms with Crippen LogP contribution in [0.15, 0.2) is 59.8 Å². The van der Waals surface area contributed by atoms with Crippen molar-refractivity contribution in [3.8, 4) is 0 Å². The van der Waals surface area contributed by atoms with Gasteiger partial charge in [-0.2, -0.15) is 13.2 Å². The van der Waals surface area contributed by atoms with Crippen LogP contribution in [0.4, 0.5) is 18.9 Å². The van der Waals surface area contributed by atoms with E-state index in [0.29, 0.717) is 17.3 Å². The summed E-state index contributed by atoms with van der Waals surface area (Å²) in [7, 11) is 1.83. The molecule has 2 aromatic carbocycles. The summed E-state index contributed by atoms with van der Waals surface area (Å²) < 4.78 is 39.5. The van der Waals surface area contributed by atoms with Gasteiger partial charge in [-0.05, 0) is 29.8 Å². The van der Waals surface area contributed by atoms with Crippen LogP contribution in [0.25, 0.3) is 0 Å². The van der Waals surface area contributed by atoms with Crippen LogP contribution in [0.2, 0.25) is 0 Å². The van der Waals surface area contributed by atoms with Crippen molar-refractivity contribution in [1.29, 1.82) is 0 Å². The van der Waals surface area contributed by atoms with Gasteiger partial charge in [0.25, 0.3) is 0 Å². The van der Waals surface area contributed by atoms with Crippen LogP contribution in [0, 0.1) is 0 Å². The predicted molar refractivity (Wildman–Crippen MR) is 101 cm³/mol. The molecule has 0 aliphatic heterocycles. The topological polar surface area (TPSA) is 59.8 Å². The van der Waals surface area contributed by atoms with Crippen LogP contribution in [0.5, 0.6) is 0 Å². The van der Waals surface area contributed by atoms with Crippen molar-refractivity contribution >= 4 is 23.4 Å². The first-order chi connectivity index (χ1) is 13.3. The van der Waals surface area contributed by atoms with E-state index in [-0.39, 0.29) is 11.7 Å². The Morgan fingerprint density at radius 3 is 2.39 bits per heavy atom. The van der Waals surface area contributed by atoms with Gasteiger partial charge in [-0.25, -0.2) is 0 Å². The SMILES string of the molecule is Cn1c(Cc2ccccc2)nnc1SCC(=O)Nc1ccc(C(F)(F)F)cc1. The maximum atomic E-state index is 12.6. The highest BCUT2D eigenvalue weighted by Crippen LogP contribution is 2.29. The number of anilines is 1. The number of benzene rings is 2. The van der Waals surface area contributed by atoms with Crippen molar-refractivity contribution < 1.29 is 18.0 Å². The van der Waals surface area contributed by atoms with E-state index in [0.717, 1.165) is 23.5 Å². The molecule has 1 aromatic heterocycles. The Morgan fingerprint density at radius 2 is 1.75 bits per heavy atom. The van der Waals surface area contributed by atoms with E-state index in [9.17, 15) is 18.0 Å². The second-order valence-electron chi connectivity index (χ2n) is 6.03. The monoisotopic (exact) mass is 406 g/mol. The van der Waals surface area contributed by atoms with E-state index in [2.05, 4.69) is 15.5 Å². The number of hydrogen-bond acceptors (Lipinski definition) is 4. The number of alkyl halides is 3. The number of carbonyl (C=O) groups excluding carboxylic acids is 1. The second-order valence-corrected chi connectivity index (χ2v) is 6.97. The van der Waals surface area contributed by atoms with Gasteiger partial charge in [0, 0.05) is 19.2 Å². The van der Waals surface area contributed by atoms with E-state index < -0.39 is 11.7 Å². The first kappa shape index (κ1) is 19.9. The number of nitrogens with one attached hydrogen (secondary N) is 1. The molecular weight excluding hydrogens is 389 g/mol. The van der Waals surface area contributed by atoms with Gasteiger partial charge in [0.2, 0.25) is 5.91 Å². The molecule has 1 heterocycles. The summed E-state index contributed by atoms with van der Waals surface area (Å²) in [4.78, 5) is 12.1. The van der Waals surface area contributed by atoms with E-state index >= 15 is 0 Å². The molecule has 0 fully saturated rings. The summed E-state index contributed by atoms with van der Waals surface area (Å²) in [6, 6.07) is 14.2. The number of amides is 1. The molecule has 9 heteroatoms. The largest absolute Gasteiger partial charge is 0.416 e. The van der Waals surface area contributed by atoms with Gasteiger partial charge in [0.1, 0.15) is 5.82 Å². The maximum Gasteiger partial charge on any atom is 0.416 e. The molecule has 28 heavy (non-hydrogen) atoms. The lowest BCUT2D eigenvalue weighted by atomic mass is 10.1. The summed E-state index contributed by atoms with van der Waals surface area (Å²) in [5.41, 5.74) is 0.654. The van der Waals surface area contributed by atoms with Crippen molar-refractivity contribution in [2.75, 3.05) is 11.1 Å². The average Bonchev–Trinajstić information content (AvgIpc) is 3.00. The molecule has 0 radical (unpaired) electrons. The lowest BCUT2D eigenvalue weighted by Gasteiger charge is -2.09. The van der Waals surface area contributed by atoms with E-state index in [1.54, 1.807) is 0 Å².